The summed E-state index contributed by atoms with van der Waals surface area (Å²) in [6, 6.07) is 6.16. The Morgan fingerprint density at radius 3 is 2.85 bits per heavy atom. The molecule has 0 unspecified atom stereocenters. The molecule has 1 aromatic heterocycles. The molecule has 0 amide bonds. The van der Waals surface area contributed by atoms with Crippen LogP contribution in [0, 0.1) is 5.82 Å². The monoisotopic (exact) mass is 275 g/mol. The number of aromatic carboxylic acids is 1. The third kappa shape index (κ3) is 2.30. The molecule has 104 valence electrons. The van der Waals surface area contributed by atoms with Gasteiger partial charge in [-0.3, -0.25) is 4.68 Å². The summed E-state index contributed by atoms with van der Waals surface area (Å²) in [5.41, 5.74) is 2.71. The highest BCUT2D eigenvalue weighted by atomic mass is 19.1. The molecule has 0 saturated carbocycles. The number of carbonyl (C=O) groups is 1. The zero-order valence-electron chi connectivity index (χ0n) is 10.8. The second-order valence-corrected chi connectivity index (χ2v) is 4.79. The molecule has 1 aromatic carbocycles. The highest BCUT2D eigenvalue weighted by molar-refractivity contribution is 5.87. The van der Waals surface area contributed by atoms with Crippen molar-refractivity contribution >= 4 is 5.97 Å². The van der Waals surface area contributed by atoms with Crippen LogP contribution in [0.3, 0.4) is 0 Å². The Bertz CT molecular complexity index is 649. The lowest BCUT2D eigenvalue weighted by Gasteiger charge is -2.15. The second-order valence-electron chi connectivity index (χ2n) is 4.79. The molecule has 20 heavy (non-hydrogen) atoms. The van der Waals surface area contributed by atoms with E-state index in [1.54, 1.807) is 16.8 Å². The van der Waals surface area contributed by atoms with E-state index in [0.29, 0.717) is 13.1 Å². The number of nitrogens with zero attached hydrogens (tertiary/aromatic N) is 2. The lowest BCUT2D eigenvalue weighted by molar-refractivity contribution is 0.0688. The van der Waals surface area contributed by atoms with Crippen molar-refractivity contribution in [3.63, 3.8) is 0 Å². The van der Waals surface area contributed by atoms with Crippen molar-refractivity contribution in [2.24, 2.45) is 0 Å². The third-order valence-corrected chi connectivity index (χ3v) is 3.46. The van der Waals surface area contributed by atoms with E-state index in [1.165, 1.54) is 12.1 Å². The summed E-state index contributed by atoms with van der Waals surface area (Å²) in [4.78, 5) is 11.2. The fourth-order valence-corrected chi connectivity index (χ4v) is 2.49. The minimum absolute atomic E-state index is 0.106. The number of halogens is 1. The second kappa shape index (κ2) is 5.05. The van der Waals surface area contributed by atoms with E-state index in [-0.39, 0.29) is 11.5 Å². The number of benzene rings is 1. The largest absolute Gasteiger partial charge is 0.476 e. The van der Waals surface area contributed by atoms with Crippen LogP contribution in [0.2, 0.25) is 0 Å². The van der Waals surface area contributed by atoms with Gasteiger partial charge in [-0.15, -0.1) is 0 Å². The summed E-state index contributed by atoms with van der Waals surface area (Å²) >= 11 is 0. The predicted octanol–water partition coefficient (Wildman–Crippen LogP) is 1.41. The molecule has 0 fully saturated rings. The van der Waals surface area contributed by atoms with Crippen LogP contribution in [0.15, 0.2) is 24.3 Å². The lowest BCUT2D eigenvalue weighted by atomic mass is 10.1. The van der Waals surface area contributed by atoms with Crippen LogP contribution in [0.1, 0.15) is 27.3 Å². The maximum absolute atomic E-state index is 12.9. The van der Waals surface area contributed by atoms with Gasteiger partial charge < -0.3 is 10.4 Å². The van der Waals surface area contributed by atoms with Gasteiger partial charge in [0, 0.05) is 30.8 Å². The molecule has 0 aliphatic carbocycles. The predicted molar refractivity (Wildman–Crippen MR) is 70.1 cm³/mol. The molecule has 0 bridgehead atoms. The summed E-state index contributed by atoms with van der Waals surface area (Å²) in [5.74, 6) is -1.30. The fraction of sp³-hybridized carbons (Fsp3) is 0.286. The Morgan fingerprint density at radius 2 is 2.15 bits per heavy atom. The lowest BCUT2D eigenvalue weighted by Crippen LogP contribution is -2.25. The Labute approximate surface area is 115 Å². The van der Waals surface area contributed by atoms with E-state index >= 15 is 0 Å². The summed E-state index contributed by atoms with van der Waals surface area (Å²) in [6.07, 6.45) is 0.747. The minimum atomic E-state index is -1.01. The molecule has 0 atom stereocenters. The quantitative estimate of drug-likeness (QED) is 0.889. The number of hydrogen-bond acceptors (Lipinski definition) is 3. The molecule has 2 heterocycles. The van der Waals surface area contributed by atoms with E-state index in [2.05, 4.69) is 10.4 Å². The highest BCUT2D eigenvalue weighted by Crippen LogP contribution is 2.19. The number of carboxylic acids is 1. The molecule has 1 aliphatic rings. The van der Waals surface area contributed by atoms with Crippen LogP contribution < -0.4 is 5.32 Å². The molecule has 2 N–H and O–H groups in total. The normalized spacial score (nSPS) is 14.1. The van der Waals surface area contributed by atoms with Crippen molar-refractivity contribution in [3.05, 3.63) is 52.6 Å². The topological polar surface area (TPSA) is 67.1 Å². The van der Waals surface area contributed by atoms with Gasteiger partial charge >= 0.3 is 5.97 Å². The maximum Gasteiger partial charge on any atom is 0.356 e. The molecular formula is C14H14FN3O2. The molecule has 0 spiro atoms. The van der Waals surface area contributed by atoms with Crippen LogP contribution in [0.5, 0.6) is 0 Å². The Hall–Kier alpha value is -2.21. The average molecular weight is 275 g/mol. The molecule has 1 aliphatic heterocycles. The van der Waals surface area contributed by atoms with Crippen LogP contribution in [0.25, 0.3) is 0 Å². The summed E-state index contributed by atoms with van der Waals surface area (Å²) < 4.78 is 14.6. The standard InChI is InChI=1S/C14H14FN3O2/c15-10-3-1-9(2-4-10)8-18-12-5-6-16-7-11(12)13(17-18)14(19)20/h1-4,16H,5-8H2,(H,19,20). The van der Waals surface area contributed by atoms with Crippen molar-refractivity contribution in [3.8, 4) is 0 Å². The Morgan fingerprint density at radius 1 is 1.40 bits per heavy atom. The SMILES string of the molecule is O=C(O)c1nn(Cc2ccc(F)cc2)c2c1CNCC2. The number of fused-ring (bicyclic) bond motifs is 1. The summed E-state index contributed by atoms with van der Waals surface area (Å²) in [5, 5.41) is 16.6. The molecular weight excluding hydrogens is 261 g/mol. The van der Waals surface area contributed by atoms with Gasteiger partial charge in [0.05, 0.1) is 6.54 Å². The maximum atomic E-state index is 12.9. The van der Waals surface area contributed by atoms with Gasteiger partial charge in [-0.25, -0.2) is 9.18 Å². The first-order valence-corrected chi connectivity index (χ1v) is 6.42. The molecule has 0 radical (unpaired) electrons. The van der Waals surface area contributed by atoms with Gasteiger partial charge in [0.15, 0.2) is 5.69 Å². The first-order valence-electron chi connectivity index (χ1n) is 6.42. The highest BCUT2D eigenvalue weighted by Gasteiger charge is 2.24. The zero-order valence-corrected chi connectivity index (χ0v) is 10.8. The van der Waals surface area contributed by atoms with Crippen LogP contribution >= 0.6 is 0 Å². The van der Waals surface area contributed by atoms with Gasteiger partial charge in [-0.05, 0) is 17.7 Å². The molecule has 0 saturated heterocycles. The van der Waals surface area contributed by atoms with E-state index in [0.717, 1.165) is 29.8 Å². The minimum Gasteiger partial charge on any atom is -0.476 e. The Kier molecular flexibility index (Phi) is 3.23. The van der Waals surface area contributed by atoms with Crippen molar-refractivity contribution in [1.82, 2.24) is 15.1 Å². The molecule has 2 aromatic rings. The summed E-state index contributed by atoms with van der Waals surface area (Å²) in [6.45, 7) is 1.79. The van der Waals surface area contributed by atoms with Gasteiger partial charge in [0.25, 0.3) is 0 Å². The number of nitrogens with one attached hydrogen (secondary N) is 1. The smallest absolute Gasteiger partial charge is 0.356 e. The van der Waals surface area contributed by atoms with Crippen molar-refractivity contribution in [1.29, 1.82) is 0 Å². The van der Waals surface area contributed by atoms with E-state index in [4.69, 9.17) is 0 Å². The number of rotatable bonds is 3. The molecule has 3 rings (SSSR count). The Balaban J connectivity index is 1.97. The first-order chi connectivity index (χ1) is 9.65. The van der Waals surface area contributed by atoms with E-state index < -0.39 is 5.97 Å². The van der Waals surface area contributed by atoms with Crippen LogP contribution in [0.4, 0.5) is 4.39 Å². The summed E-state index contributed by atoms with van der Waals surface area (Å²) in [7, 11) is 0. The molecule has 6 heteroatoms. The van der Waals surface area contributed by atoms with E-state index in [9.17, 15) is 14.3 Å². The van der Waals surface area contributed by atoms with Crippen LogP contribution in [-0.2, 0) is 19.5 Å². The van der Waals surface area contributed by atoms with Gasteiger partial charge in [0.1, 0.15) is 5.82 Å². The fourth-order valence-electron chi connectivity index (χ4n) is 2.49. The zero-order chi connectivity index (χ0) is 14.1. The van der Waals surface area contributed by atoms with Crippen molar-refractivity contribution in [2.45, 2.75) is 19.5 Å². The van der Waals surface area contributed by atoms with Crippen LogP contribution in [-0.4, -0.2) is 27.4 Å². The average Bonchev–Trinajstić information content (AvgIpc) is 2.81. The van der Waals surface area contributed by atoms with Crippen molar-refractivity contribution < 1.29 is 14.3 Å². The van der Waals surface area contributed by atoms with Crippen molar-refractivity contribution in [2.75, 3.05) is 6.54 Å². The van der Waals surface area contributed by atoms with Gasteiger partial charge in [-0.1, -0.05) is 12.1 Å². The number of aromatic nitrogens is 2. The number of hydrogen-bond donors (Lipinski definition) is 2. The first kappa shape index (κ1) is 12.8. The molecule has 5 nitrogen and oxygen atoms in total. The van der Waals surface area contributed by atoms with E-state index in [1.807, 2.05) is 0 Å². The third-order valence-electron chi connectivity index (χ3n) is 3.46. The van der Waals surface area contributed by atoms with Gasteiger partial charge in [-0.2, -0.15) is 5.10 Å². The van der Waals surface area contributed by atoms with Gasteiger partial charge in [0.2, 0.25) is 0 Å². The number of carboxylic acid groups (broad SMARTS) is 1.